The molecule has 2 aliphatic heterocycles. The van der Waals surface area contributed by atoms with E-state index >= 15 is 0 Å². The summed E-state index contributed by atoms with van der Waals surface area (Å²) in [5.41, 5.74) is -1.46. The first-order valence-electron chi connectivity index (χ1n) is 23.6. The van der Waals surface area contributed by atoms with Gasteiger partial charge in [0.2, 0.25) is 0 Å². The van der Waals surface area contributed by atoms with E-state index in [1.807, 2.05) is 71.0 Å². The van der Waals surface area contributed by atoms with Gasteiger partial charge in [-0.1, -0.05) is 36.4 Å². The number of benzene rings is 2. The highest BCUT2D eigenvalue weighted by molar-refractivity contribution is 5.93. The summed E-state index contributed by atoms with van der Waals surface area (Å²) in [5, 5.41) is 7.59. The Hall–Kier alpha value is -5.63. The molecule has 19 heteroatoms. The number of anilines is 1. The maximum absolute atomic E-state index is 13.8. The Balaban J connectivity index is 1.28. The van der Waals surface area contributed by atoms with Gasteiger partial charge in [0.05, 0.1) is 6.33 Å². The van der Waals surface area contributed by atoms with Gasteiger partial charge in [-0.25, -0.2) is 34.1 Å². The van der Waals surface area contributed by atoms with Crippen LogP contribution in [0.15, 0.2) is 55.1 Å². The highest BCUT2D eigenvalue weighted by Crippen LogP contribution is 2.44. The number of rotatable bonds is 15. The smallest absolute Gasteiger partial charge is 0.413 e. The molecule has 0 unspecified atom stereocenters. The third kappa shape index (κ3) is 15.2. The van der Waals surface area contributed by atoms with Crippen LogP contribution in [0.25, 0.3) is 21.9 Å². The molecule has 3 amide bonds. The second kappa shape index (κ2) is 20.8. The fourth-order valence-corrected chi connectivity index (χ4v) is 8.10. The van der Waals surface area contributed by atoms with E-state index in [1.165, 1.54) is 6.33 Å². The molecule has 4 heterocycles. The summed E-state index contributed by atoms with van der Waals surface area (Å²) in [6.45, 7) is 26.6. The van der Waals surface area contributed by atoms with Gasteiger partial charge in [-0.3, -0.25) is 9.88 Å². The van der Waals surface area contributed by atoms with Crippen LogP contribution in [-0.2, 0) is 44.5 Å². The summed E-state index contributed by atoms with van der Waals surface area (Å²) in [7, 11) is 0. The molecular formula is C50H72N8O11. The summed E-state index contributed by atoms with van der Waals surface area (Å²) in [6, 6.07) is 13.1. The van der Waals surface area contributed by atoms with Gasteiger partial charge in [0.25, 0.3) is 0 Å². The molecule has 2 aromatic carbocycles. The van der Waals surface area contributed by atoms with E-state index in [9.17, 15) is 19.2 Å². The van der Waals surface area contributed by atoms with Gasteiger partial charge in [-0.05, 0) is 139 Å². The summed E-state index contributed by atoms with van der Waals surface area (Å²) in [5.74, 6) is -1.43. The minimum atomic E-state index is -1.07. The summed E-state index contributed by atoms with van der Waals surface area (Å²) in [4.78, 5) is 70.7. The number of amides is 3. The largest absolute Gasteiger partial charge is 0.458 e. The lowest BCUT2D eigenvalue weighted by atomic mass is 10.1. The van der Waals surface area contributed by atoms with E-state index in [4.69, 9.17) is 33.2 Å². The molecule has 2 aromatic heterocycles. The number of esters is 1. The molecular weight excluding hydrogens is 889 g/mol. The summed E-state index contributed by atoms with van der Waals surface area (Å²) in [6.07, 6.45) is -0.932. The summed E-state index contributed by atoms with van der Waals surface area (Å²) >= 11 is 0. The normalized spacial score (nSPS) is 19.8. The third-order valence-corrected chi connectivity index (χ3v) is 10.7. The molecule has 2 saturated heterocycles. The topological polar surface area (TPSA) is 207 Å². The Morgan fingerprint density at radius 1 is 0.754 bits per heavy atom. The highest BCUT2D eigenvalue weighted by Gasteiger charge is 2.56. The van der Waals surface area contributed by atoms with Crippen LogP contribution in [0.2, 0.25) is 0 Å². The van der Waals surface area contributed by atoms with Crippen LogP contribution in [0.3, 0.4) is 0 Å². The Kier molecular flexibility index (Phi) is 15.9. The molecule has 378 valence electrons. The van der Waals surface area contributed by atoms with Crippen molar-refractivity contribution in [3.63, 3.8) is 0 Å². The number of hydrogen-bond acceptors (Lipinski definition) is 15. The molecule has 0 aliphatic carbocycles. The first-order chi connectivity index (χ1) is 32.0. The molecule has 2 fully saturated rings. The fraction of sp³-hybridized carbons (Fsp3) is 0.620. The van der Waals surface area contributed by atoms with Crippen molar-refractivity contribution in [1.82, 2.24) is 34.6 Å². The molecule has 5 atom stereocenters. The number of fused-ring (bicyclic) bond motifs is 3. The van der Waals surface area contributed by atoms with Gasteiger partial charge in [0.1, 0.15) is 53.1 Å². The van der Waals surface area contributed by atoms with E-state index in [-0.39, 0.29) is 25.3 Å². The molecule has 6 rings (SSSR count). The number of aromatic nitrogens is 4. The van der Waals surface area contributed by atoms with Crippen molar-refractivity contribution in [2.75, 3.05) is 31.5 Å². The van der Waals surface area contributed by atoms with E-state index in [0.717, 1.165) is 16.3 Å². The van der Waals surface area contributed by atoms with Crippen LogP contribution >= 0.6 is 0 Å². The molecule has 2 aliphatic rings. The lowest BCUT2D eigenvalue weighted by Crippen LogP contribution is -2.48. The van der Waals surface area contributed by atoms with Crippen LogP contribution in [0.1, 0.15) is 122 Å². The molecule has 0 bridgehead atoms. The van der Waals surface area contributed by atoms with Crippen molar-refractivity contribution >= 4 is 52.0 Å². The van der Waals surface area contributed by atoms with E-state index < -0.39 is 83.0 Å². The van der Waals surface area contributed by atoms with Crippen molar-refractivity contribution in [1.29, 1.82) is 0 Å². The number of ether oxygens (including phenoxy) is 7. The molecule has 4 aromatic rings. The van der Waals surface area contributed by atoms with Gasteiger partial charge < -0.3 is 48.3 Å². The molecule has 69 heavy (non-hydrogen) atoms. The van der Waals surface area contributed by atoms with Gasteiger partial charge in [0.15, 0.2) is 29.0 Å². The molecule has 2 N–H and O–H groups in total. The highest BCUT2D eigenvalue weighted by atomic mass is 16.8. The number of hydrogen-bond donors (Lipinski definition) is 2. The van der Waals surface area contributed by atoms with Crippen LogP contribution < -0.4 is 10.6 Å². The van der Waals surface area contributed by atoms with E-state index in [2.05, 4.69) is 36.6 Å². The molecule has 0 radical (unpaired) electrons. The fourth-order valence-electron chi connectivity index (χ4n) is 8.10. The van der Waals surface area contributed by atoms with Crippen molar-refractivity contribution < 1.29 is 52.3 Å². The van der Waals surface area contributed by atoms with Gasteiger partial charge >= 0.3 is 24.2 Å². The predicted octanol–water partition coefficient (Wildman–Crippen LogP) is 8.50. The Bertz CT molecular complexity index is 2450. The lowest BCUT2D eigenvalue weighted by molar-refractivity contribution is -0.198. The van der Waals surface area contributed by atoms with Crippen molar-refractivity contribution in [2.45, 2.75) is 175 Å². The number of nitrogens with one attached hydrogen (secondary N) is 2. The Morgan fingerprint density at radius 3 is 2.06 bits per heavy atom. The standard InChI is InChI=1S/C50H72N8O11/c1-46(2,3)66-42(59)34(54-43(60)67-47(4,5)6)22-25-56(23-17-24-57(45(62)69-49(10,11)12)27-31-20-21-32-18-15-16-19-33(32)26-31)28-35-37-38(65-50(13,14)64-37)41(63-35)58-30-53-36-39(51-29-52-40(36)58)55-44(61)68-48(7,8)9/h15-16,18-21,26,29-30,34-35,37-38,41H,17,22-25,27-28H2,1-14H3,(H,54,60)(H,51,52,55,61)/t34-,35+,37+,38+,41+/m0/s1. The average molecular weight is 961 g/mol. The van der Waals surface area contributed by atoms with Gasteiger partial charge in [0, 0.05) is 26.2 Å². The van der Waals surface area contributed by atoms with Crippen molar-refractivity contribution in [3.05, 3.63) is 60.7 Å². The first kappa shape index (κ1) is 52.7. The Labute approximate surface area is 405 Å². The SMILES string of the molecule is CC(C)(C)OC(=O)Nc1ncnc2c1ncn2[C@@H]1O[C@H](CN(CCCN(Cc2ccc3ccccc3c2)C(=O)OC(C)(C)C)CC[C@H](NC(=O)OC(C)(C)C)C(=O)OC(C)(C)C)[C@H]2OC(C)(C)O[C@H]21. The molecule has 19 nitrogen and oxygen atoms in total. The number of carbonyl (C=O) groups is 4. The number of alkyl carbamates (subject to hydrolysis) is 1. The van der Waals surface area contributed by atoms with Gasteiger partial charge in [-0.2, -0.15) is 0 Å². The van der Waals surface area contributed by atoms with Crippen molar-refractivity contribution in [2.24, 2.45) is 0 Å². The summed E-state index contributed by atoms with van der Waals surface area (Å²) < 4.78 is 44.4. The van der Waals surface area contributed by atoms with Crippen LogP contribution in [-0.4, -0.2) is 132 Å². The number of nitrogens with zero attached hydrogens (tertiary/aromatic N) is 6. The Morgan fingerprint density at radius 2 is 1.39 bits per heavy atom. The van der Waals surface area contributed by atoms with Crippen LogP contribution in [0, 0.1) is 0 Å². The van der Waals surface area contributed by atoms with Gasteiger partial charge in [-0.15, -0.1) is 0 Å². The predicted molar refractivity (Wildman–Crippen MR) is 258 cm³/mol. The first-order valence-corrected chi connectivity index (χ1v) is 23.6. The van der Waals surface area contributed by atoms with E-state index in [1.54, 1.807) is 78.1 Å². The van der Waals surface area contributed by atoms with Crippen LogP contribution in [0.5, 0.6) is 0 Å². The monoisotopic (exact) mass is 961 g/mol. The van der Waals surface area contributed by atoms with Crippen LogP contribution in [0.4, 0.5) is 20.2 Å². The van der Waals surface area contributed by atoms with Crippen molar-refractivity contribution in [3.8, 4) is 0 Å². The van der Waals surface area contributed by atoms with E-state index in [0.29, 0.717) is 37.2 Å². The molecule has 0 spiro atoms. The second-order valence-corrected chi connectivity index (χ2v) is 22.1. The molecule has 0 saturated carbocycles. The quantitative estimate of drug-likeness (QED) is 0.0846. The zero-order chi connectivity index (χ0) is 50.7. The maximum atomic E-state index is 13.8. The minimum Gasteiger partial charge on any atom is -0.458 e. The third-order valence-electron chi connectivity index (χ3n) is 10.7. The average Bonchev–Trinajstić information content (AvgIpc) is 3.87. The maximum Gasteiger partial charge on any atom is 0.413 e. The second-order valence-electron chi connectivity index (χ2n) is 22.1. The zero-order valence-electron chi connectivity index (χ0n) is 42.7. The minimum absolute atomic E-state index is 0.143. The number of imidazole rings is 1. The zero-order valence-corrected chi connectivity index (χ0v) is 42.7. The number of carbonyl (C=O) groups excluding carboxylic acids is 4. The lowest BCUT2D eigenvalue weighted by Gasteiger charge is -2.32.